The molecule has 0 N–H and O–H groups in total. The van der Waals surface area contributed by atoms with Crippen molar-refractivity contribution in [2.24, 2.45) is 7.05 Å². The Balaban J connectivity index is 2.01. The van der Waals surface area contributed by atoms with Crippen LogP contribution < -0.4 is 0 Å². The molecule has 1 aliphatic heterocycles. The molecule has 1 saturated heterocycles. The van der Waals surface area contributed by atoms with Gasteiger partial charge in [-0.3, -0.25) is 4.68 Å². The first kappa shape index (κ1) is 15.2. The highest BCUT2D eigenvalue weighted by Crippen LogP contribution is 2.28. The van der Waals surface area contributed by atoms with E-state index >= 15 is 0 Å². The Morgan fingerprint density at radius 1 is 1.00 bits per heavy atom. The molecule has 0 unspecified atom stereocenters. The summed E-state index contributed by atoms with van der Waals surface area (Å²) in [5, 5.41) is 4.36. The number of sulfonamides is 1. The summed E-state index contributed by atoms with van der Waals surface area (Å²) in [5.74, 6) is 0. The molecule has 0 radical (unpaired) electrons. The summed E-state index contributed by atoms with van der Waals surface area (Å²) in [6.45, 7) is 2.53. The van der Waals surface area contributed by atoms with E-state index < -0.39 is 10.0 Å². The Labute approximate surface area is 131 Å². The fourth-order valence-electron chi connectivity index (χ4n) is 2.62. The predicted molar refractivity (Wildman–Crippen MR) is 84.9 cm³/mol. The molecule has 1 aromatic carbocycles. The minimum absolute atomic E-state index is 0.283. The first-order valence-electron chi connectivity index (χ1n) is 7.26. The summed E-state index contributed by atoms with van der Waals surface area (Å²) >= 11 is 0. The SMILES string of the molecule is CN1CCN(S(=O)(=O)c2cn(C)nc2-c2ccccc2)CC1. The molecule has 0 aliphatic carbocycles. The van der Waals surface area contributed by atoms with Crippen molar-refractivity contribution in [1.82, 2.24) is 19.0 Å². The van der Waals surface area contributed by atoms with Crippen molar-refractivity contribution < 1.29 is 8.42 Å². The lowest BCUT2D eigenvalue weighted by atomic mass is 10.2. The summed E-state index contributed by atoms with van der Waals surface area (Å²) in [7, 11) is 0.229. The topological polar surface area (TPSA) is 58.4 Å². The molecule has 2 aromatic rings. The van der Waals surface area contributed by atoms with Crippen LogP contribution in [0.25, 0.3) is 11.3 Å². The summed E-state index contributed by atoms with van der Waals surface area (Å²) in [6, 6.07) is 9.43. The second-order valence-corrected chi connectivity index (χ2v) is 7.50. The molecular weight excluding hydrogens is 300 g/mol. The van der Waals surface area contributed by atoms with E-state index in [2.05, 4.69) is 10.00 Å². The van der Waals surface area contributed by atoms with E-state index in [4.69, 9.17) is 0 Å². The van der Waals surface area contributed by atoms with Gasteiger partial charge in [0.25, 0.3) is 0 Å². The zero-order valence-electron chi connectivity index (χ0n) is 12.8. The molecule has 0 saturated carbocycles. The number of nitrogens with zero attached hydrogens (tertiary/aromatic N) is 4. The van der Waals surface area contributed by atoms with Crippen molar-refractivity contribution in [2.75, 3.05) is 33.2 Å². The molecule has 3 rings (SSSR count). The number of piperazine rings is 1. The molecule has 0 bridgehead atoms. The van der Waals surface area contributed by atoms with E-state index in [1.807, 2.05) is 37.4 Å². The van der Waals surface area contributed by atoms with E-state index in [0.717, 1.165) is 18.7 Å². The minimum Gasteiger partial charge on any atom is -0.304 e. The molecule has 1 fully saturated rings. The van der Waals surface area contributed by atoms with Crippen LogP contribution in [-0.2, 0) is 17.1 Å². The van der Waals surface area contributed by atoms with Gasteiger partial charge in [-0.1, -0.05) is 30.3 Å². The molecule has 0 atom stereocenters. The second-order valence-electron chi connectivity index (χ2n) is 5.59. The molecular formula is C15H20N4O2S. The molecule has 1 aliphatic rings. The molecule has 0 spiro atoms. The minimum atomic E-state index is -3.52. The molecule has 7 heteroatoms. The van der Waals surface area contributed by atoms with Gasteiger partial charge in [0.05, 0.1) is 0 Å². The predicted octanol–water partition coefficient (Wildman–Crippen LogP) is 1.02. The molecule has 22 heavy (non-hydrogen) atoms. The van der Waals surface area contributed by atoms with Crippen LogP contribution in [0.2, 0.25) is 0 Å². The maximum absolute atomic E-state index is 13.0. The van der Waals surface area contributed by atoms with Crippen molar-refractivity contribution >= 4 is 10.0 Å². The van der Waals surface area contributed by atoms with Crippen LogP contribution in [0.15, 0.2) is 41.4 Å². The molecule has 2 heterocycles. The zero-order valence-corrected chi connectivity index (χ0v) is 13.6. The number of aromatic nitrogens is 2. The average Bonchev–Trinajstić information content (AvgIpc) is 2.91. The third-order valence-corrected chi connectivity index (χ3v) is 5.82. The highest BCUT2D eigenvalue weighted by atomic mass is 32.2. The Morgan fingerprint density at radius 3 is 2.27 bits per heavy atom. The van der Waals surface area contributed by atoms with Gasteiger partial charge in [0, 0.05) is 45.0 Å². The fraction of sp³-hybridized carbons (Fsp3) is 0.400. The number of likely N-dealkylation sites (N-methyl/N-ethyl adjacent to an activating group) is 1. The summed E-state index contributed by atoms with van der Waals surface area (Å²) in [4.78, 5) is 2.42. The van der Waals surface area contributed by atoms with Crippen LogP contribution in [0.5, 0.6) is 0 Å². The number of benzene rings is 1. The molecule has 1 aromatic heterocycles. The highest BCUT2D eigenvalue weighted by Gasteiger charge is 2.31. The van der Waals surface area contributed by atoms with Gasteiger partial charge >= 0.3 is 0 Å². The zero-order chi connectivity index (χ0) is 15.7. The number of hydrogen-bond acceptors (Lipinski definition) is 4. The standard InChI is InChI=1S/C15H20N4O2S/c1-17-8-10-19(11-9-17)22(20,21)14-12-18(2)16-15(14)13-6-4-3-5-7-13/h3-7,12H,8-11H2,1-2H3. The summed E-state index contributed by atoms with van der Waals surface area (Å²) in [6.07, 6.45) is 1.59. The average molecular weight is 320 g/mol. The van der Waals surface area contributed by atoms with E-state index in [9.17, 15) is 8.42 Å². The van der Waals surface area contributed by atoms with Gasteiger partial charge in [0.15, 0.2) is 0 Å². The van der Waals surface area contributed by atoms with Gasteiger partial charge in [-0.15, -0.1) is 0 Å². The van der Waals surface area contributed by atoms with Crippen molar-refractivity contribution in [3.63, 3.8) is 0 Å². The third-order valence-electron chi connectivity index (χ3n) is 3.92. The second kappa shape index (κ2) is 5.83. The summed E-state index contributed by atoms with van der Waals surface area (Å²) < 4.78 is 29.0. The van der Waals surface area contributed by atoms with Crippen LogP contribution in [0.4, 0.5) is 0 Å². The number of rotatable bonds is 3. The molecule has 6 nitrogen and oxygen atoms in total. The summed E-state index contributed by atoms with van der Waals surface area (Å²) in [5.41, 5.74) is 1.33. The van der Waals surface area contributed by atoms with Gasteiger partial charge in [0.1, 0.15) is 10.6 Å². The van der Waals surface area contributed by atoms with Gasteiger partial charge in [-0.25, -0.2) is 8.42 Å². The van der Waals surface area contributed by atoms with Crippen molar-refractivity contribution in [1.29, 1.82) is 0 Å². The van der Waals surface area contributed by atoms with Gasteiger partial charge in [-0.2, -0.15) is 9.40 Å². The van der Waals surface area contributed by atoms with Crippen LogP contribution in [0.3, 0.4) is 0 Å². The normalized spacial score (nSPS) is 17.7. The van der Waals surface area contributed by atoms with Crippen LogP contribution in [0.1, 0.15) is 0 Å². The maximum Gasteiger partial charge on any atom is 0.246 e. The van der Waals surface area contributed by atoms with Crippen LogP contribution in [-0.4, -0.2) is 60.6 Å². The van der Waals surface area contributed by atoms with Gasteiger partial charge < -0.3 is 4.90 Å². The quantitative estimate of drug-likeness (QED) is 0.847. The van der Waals surface area contributed by atoms with Gasteiger partial charge in [-0.05, 0) is 7.05 Å². The van der Waals surface area contributed by atoms with Crippen molar-refractivity contribution in [3.8, 4) is 11.3 Å². The van der Waals surface area contributed by atoms with Gasteiger partial charge in [0.2, 0.25) is 10.0 Å². The Hall–Kier alpha value is -1.70. The van der Waals surface area contributed by atoms with Crippen LogP contribution in [0, 0.1) is 0 Å². The fourth-order valence-corrected chi connectivity index (χ4v) is 4.23. The van der Waals surface area contributed by atoms with E-state index in [1.165, 1.54) is 0 Å². The highest BCUT2D eigenvalue weighted by molar-refractivity contribution is 7.89. The largest absolute Gasteiger partial charge is 0.304 e. The Kier molecular flexibility index (Phi) is 4.03. The first-order chi connectivity index (χ1) is 10.5. The first-order valence-corrected chi connectivity index (χ1v) is 8.70. The lowest BCUT2D eigenvalue weighted by Crippen LogP contribution is -2.47. The lowest BCUT2D eigenvalue weighted by molar-refractivity contribution is 0.222. The molecule has 0 amide bonds. The van der Waals surface area contributed by atoms with E-state index in [0.29, 0.717) is 18.8 Å². The van der Waals surface area contributed by atoms with Crippen molar-refractivity contribution in [2.45, 2.75) is 4.90 Å². The smallest absolute Gasteiger partial charge is 0.246 e. The van der Waals surface area contributed by atoms with Crippen LogP contribution >= 0.6 is 0 Å². The Morgan fingerprint density at radius 2 is 1.64 bits per heavy atom. The van der Waals surface area contributed by atoms with E-state index in [-0.39, 0.29) is 4.90 Å². The van der Waals surface area contributed by atoms with Crippen molar-refractivity contribution in [3.05, 3.63) is 36.5 Å². The monoisotopic (exact) mass is 320 g/mol. The maximum atomic E-state index is 13.0. The number of hydrogen-bond donors (Lipinski definition) is 0. The number of aryl methyl sites for hydroxylation is 1. The Bertz CT molecular complexity index is 747. The lowest BCUT2D eigenvalue weighted by Gasteiger charge is -2.31. The molecule has 118 valence electrons. The van der Waals surface area contributed by atoms with E-state index in [1.54, 1.807) is 22.2 Å². The third kappa shape index (κ3) is 2.79.